The molecule has 1 heterocycles. The molecule has 2 atom stereocenters. The zero-order valence-electron chi connectivity index (χ0n) is 9.00. The number of alkyl carbamates (subject to hydrolysis) is 2. The summed E-state index contributed by atoms with van der Waals surface area (Å²) in [5.74, 6) is 0. The van der Waals surface area contributed by atoms with Gasteiger partial charge in [0.2, 0.25) is 0 Å². The predicted octanol–water partition coefficient (Wildman–Crippen LogP) is 0.168. The molecule has 14 heavy (non-hydrogen) atoms. The van der Waals surface area contributed by atoms with Crippen LogP contribution in [-0.4, -0.2) is 30.6 Å². The number of carbonyl (C=O) groups is 2. The number of nitrogens with one attached hydrogen (secondary N) is 1. The van der Waals surface area contributed by atoms with Crippen LogP contribution in [0.3, 0.4) is 0 Å². The Bertz CT molecular complexity index is 232. The number of carbonyl (C=O) groups excluding carboxylic acids is 2. The maximum atomic E-state index is 11.6. The van der Waals surface area contributed by atoms with Crippen LogP contribution in [0, 0.1) is 0 Å². The topological polar surface area (TPSA) is 47.8 Å². The van der Waals surface area contributed by atoms with Gasteiger partial charge in [-0.15, -0.1) is 0 Å². The number of likely N-dealkylation sites (tertiary alicyclic amines) is 1. The van der Waals surface area contributed by atoms with Crippen LogP contribution in [0.15, 0.2) is 0 Å². The van der Waals surface area contributed by atoms with Crippen LogP contribution in [0.1, 0.15) is 33.6 Å². The SMILES string of the molecule is CC(C)(C)OC(=O)[NH+]1CCC[C@H]1C=O. The molecule has 1 rings (SSSR count). The first kappa shape index (κ1) is 11.2. The van der Waals surface area contributed by atoms with Crippen molar-refractivity contribution in [2.45, 2.75) is 45.3 Å². The number of rotatable bonds is 1. The van der Waals surface area contributed by atoms with Crippen LogP contribution >= 0.6 is 0 Å². The van der Waals surface area contributed by atoms with Crippen molar-refractivity contribution < 1.29 is 19.2 Å². The van der Waals surface area contributed by atoms with E-state index in [0.29, 0.717) is 11.4 Å². The average Bonchev–Trinajstić information content (AvgIpc) is 2.47. The minimum atomic E-state index is -0.472. The summed E-state index contributed by atoms with van der Waals surface area (Å²) < 4.78 is 5.22. The Balaban J connectivity index is 2.56. The standard InChI is InChI=1S/C10H17NO3/c1-10(2,3)14-9(13)11-6-4-5-8(11)7-12/h7-8H,4-6H2,1-3H3/p+1/t8-/m0/s1. The highest BCUT2D eigenvalue weighted by Gasteiger charge is 2.37. The van der Waals surface area contributed by atoms with Crippen LogP contribution < -0.4 is 4.90 Å². The highest BCUT2D eigenvalue weighted by molar-refractivity contribution is 5.63. The van der Waals surface area contributed by atoms with Crippen molar-refractivity contribution in [3.63, 3.8) is 0 Å². The van der Waals surface area contributed by atoms with Gasteiger partial charge >= 0.3 is 6.09 Å². The van der Waals surface area contributed by atoms with Crippen molar-refractivity contribution in [3.8, 4) is 0 Å². The summed E-state index contributed by atoms with van der Waals surface area (Å²) in [6, 6.07) is -0.204. The van der Waals surface area contributed by atoms with Crippen LogP contribution in [-0.2, 0) is 9.53 Å². The third kappa shape index (κ3) is 2.80. The summed E-state index contributed by atoms with van der Waals surface area (Å²) in [6.07, 6.45) is 2.26. The highest BCUT2D eigenvalue weighted by Crippen LogP contribution is 2.07. The Kier molecular flexibility index (Phi) is 3.26. The van der Waals surface area contributed by atoms with Crippen molar-refractivity contribution >= 4 is 12.4 Å². The first-order valence-electron chi connectivity index (χ1n) is 4.98. The van der Waals surface area contributed by atoms with E-state index in [1.807, 2.05) is 20.8 Å². The monoisotopic (exact) mass is 200 g/mol. The lowest BCUT2D eigenvalue weighted by molar-refractivity contribution is -0.826. The summed E-state index contributed by atoms with van der Waals surface area (Å²) in [7, 11) is 0. The Morgan fingerprint density at radius 2 is 2.14 bits per heavy atom. The van der Waals surface area contributed by atoms with Crippen LogP contribution in [0.5, 0.6) is 0 Å². The molecular weight excluding hydrogens is 182 g/mol. The van der Waals surface area contributed by atoms with Crippen LogP contribution in [0.25, 0.3) is 0 Å². The molecule has 0 radical (unpaired) electrons. The fourth-order valence-corrected chi connectivity index (χ4v) is 1.62. The van der Waals surface area contributed by atoms with E-state index >= 15 is 0 Å². The number of hydrogen-bond acceptors (Lipinski definition) is 3. The number of amides is 1. The Hall–Kier alpha value is -0.900. The van der Waals surface area contributed by atoms with Gasteiger partial charge in [-0.05, 0) is 20.8 Å². The molecule has 1 N–H and O–H groups in total. The first-order valence-corrected chi connectivity index (χ1v) is 4.98. The fraction of sp³-hybridized carbons (Fsp3) is 0.800. The maximum Gasteiger partial charge on any atom is 0.515 e. The van der Waals surface area contributed by atoms with Gasteiger partial charge in [0, 0.05) is 12.8 Å². The zero-order chi connectivity index (χ0) is 10.8. The molecule has 4 nitrogen and oxygen atoms in total. The van der Waals surface area contributed by atoms with Crippen molar-refractivity contribution in [1.82, 2.24) is 0 Å². The van der Waals surface area contributed by atoms with Gasteiger partial charge in [-0.25, -0.2) is 4.90 Å². The molecule has 1 aliphatic rings. The first-order chi connectivity index (χ1) is 6.44. The van der Waals surface area contributed by atoms with Crippen molar-refractivity contribution in [1.29, 1.82) is 0 Å². The lowest BCUT2D eigenvalue weighted by Gasteiger charge is -2.22. The highest BCUT2D eigenvalue weighted by atomic mass is 16.6. The van der Waals surface area contributed by atoms with E-state index < -0.39 is 5.60 Å². The Morgan fingerprint density at radius 3 is 2.64 bits per heavy atom. The minimum Gasteiger partial charge on any atom is -0.414 e. The van der Waals surface area contributed by atoms with Gasteiger partial charge in [-0.3, -0.25) is 4.79 Å². The molecule has 1 aliphatic heterocycles. The molecule has 1 unspecified atom stereocenters. The van der Waals surface area contributed by atoms with Gasteiger partial charge < -0.3 is 4.74 Å². The summed E-state index contributed by atoms with van der Waals surface area (Å²) in [4.78, 5) is 22.9. The quantitative estimate of drug-likeness (QED) is 0.614. The predicted molar refractivity (Wildman–Crippen MR) is 51.1 cm³/mol. The molecule has 4 heteroatoms. The zero-order valence-corrected chi connectivity index (χ0v) is 9.00. The van der Waals surface area contributed by atoms with Gasteiger partial charge in [0.25, 0.3) is 0 Å². The minimum absolute atomic E-state index is 0.204. The molecule has 0 aromatic rings. The Morgan fingerprint density at radius 1 is 1.50 bits per heavy atom. The van der Waals surface area contributed by atoms with Gasteiger partial charge in [0.15, 0.2) is 12.3 Å². The normalized spacial score (nSPS) is 27.4. The smallest absolute Gasteiger partial charge is 0.414 e. The van der Waals surface area contributed by atoms with E-state index in [2.05, 4.69) is 0 Å². The second-order valence-corrected chi connectivity index (χ2v) is 4.66. The van der Waals surface area contributed by atoms with E-state index in [1.165, 1.54) is 0 Å². The van der Waals surface area contributed by atoms with Gasteiger partial charge in [-0.1, -0.05) is 0 Å². The van der Waals surface area contributed by atoms with Crippen LogP contribution in [0.2, 0.25) is 0 Å². The summed E-state index contributed by atoms with van der Waals surface area (Å²) in [5.41, 5.74) is -0.472. The fourth-order valence-electron chi connectivity index (χ4n) is 1.62. The summed E-state index contributed by atoms with van der Waals surface area (Å²) >= 11 is 0. The van der Waals surface area contributed by atoms with E-state index in [1.54, 1.807) is 0 Å². The lowest BCUT2D eigenvalue weighted by Crippen LogP contribution is -3.16. The molecule has 0 aliphatic carbocycles. The van der Waals surface area contributed by atoms with E-state index in [9.17, 15) is 9.59 Å². The molecule has 0 aromatic heterocycles. The van der Waals surface area contributed by atoms with Crippen molar-refractivity contribution in [2.75, 3.05) is 6.54 Å². The maximum absolute atomic E-state index is 11.6. The van der Waals surface area contributed by atoms with E-state index in [4.69, 9.17) is 4.74 Å². The molecule has 0 aromatic carbocycles. The molecule has 1 amide bonds. The van der Waals surface area contributed by atoms with Gasteiger partial charge in [0.1, 0.15) is 5.60 Å². The average molecular weight is 200 g/mol. The second kappa shape index (κ2) is 4.09. The molecule has 0 spiro atoms. The molecule has 0 bridgehead atoms. The molecule has 1 saturated heterocycles. The second-order valence-electron chi connectivity index (χ2n) is 4.66. The van der Waals surface area contributed by atoms with Crippen LogP contribution in [0.4, 0.5) is 4.79 Å². The third-order valence-electron chi connectivity index (χ3n) is 2.23. The largest absolute Gasteiger partial charge is 0.515 e. The van der Waals surface area contributed by atoms with E-state index in [0.717, 1.165) is 19.1 Å². The lowest BCUT2D eigenvalue weighted by atomic mass is 10.2. The van der Waals surface area contributed by atoms with E-state index in [-0.39, 0.29) is 12.1 Å². The number of quaternary nitrogens is 1. The molecular formula is C10H18NO3+. The number of aldehydes is 1. The number of hydrogen-bond donors (Lipinski definition) is 1. The third-order valence-corrected chi connectivity index (χ3v) is 2.23. The van der Waals surface area contributed by atoms with Gasteiger partial charge in [-0.2, -0.15) is 4.79 Å². The van der Waals surface area contributed by atoms with Gasteiger partial charge in [0.05, 0.1) is 6.54 Å². The van der Waals surface area contributed by atoms with Crippen molar-refractivity contribution in [2.24, 2.45) is 0 Å². The summed E-state index contributed by atoms with van der Waals surface area (Å²) in [6.45, 7) is 6.20. The molecule has 0 saturated carbocycles. The molecule has 1 fully saturated rings. The number of ether oxygens (including phenoxy) is 1. The summed E-state index contributed by atoms with van der Waals surface area (Å²) in [5, 5.41) is 0. The van der Waals surface area contributed by atoms with Crippen molar-refractivity contribution in [3.05, 3.63) is 0 Å². The molecule has 80 valence electrons. The Labute approximate surface area is 84.2 Å².